The first-order valence-corrected chi connectivity index (χ1v) is 10.6. The van der Waals surface area contributed by atoms with E-state index in [-0.39, 0.29) is 29.5 Å². The molecule has 0 aliphatic carbocycles. The Hall–Kier alpha value is -0.770. The molecule has 3 rings (SSSR count). The van der Waals surface area contributed by atoms with Crippen molar-refractivity contribution in [2.75, 3.05) is 60.1 Å². The van der Waals surface area contributed by atoms with Gasteiger partial charge in [0.2, 0.25) is 0 Å². The SMILES string of the molecule is CN=C(NCC1(N2CCCC2)CCOCC1)N(C)CCOc1ccc(Cl)cc1.I. The van der Waals surface area contributed by atoms with Crippen LogP contribution in [-0.2, 0) is 4.74 Å². The molecule has 1 aromatic rings. The van der Waals surface area contributed by atoms with Gasteiger partial charge in [-0.1, -0.05) is 11.6 Å². The lowest BCUT2D eigenvalue weighted by Crippen LogP contribution is -2.58. The molecule has 2 fully saturated rings. The number of nitrogens with one attached hydrogen (secondary N) is 1. The summed E-state index contributed by atoms with van der Waals surface area (Å²) in [6.45, 7) is 6.34. The molecule has 1 N–H and O–H groups in total. The van der Waals surface area contributed by atoms with Crippen LogP contribution in [0.5, 0.6) is 5.75 Å². The molecular formula is C21H34ClIN4O2. The third kappa shape index (κ3) is 6.87. The molecule has 8 heteroatoms. The second-order valence-electron chi connectivity index (χ2n) is 7.66. The van der Waals surface area contributed by atoms with Crippen LogP contribution in [0.3, 0.4) is 0 Å². The lowest BCUT2D eigenvalue weighted by atomic mass is 9.88. The third-order valence-corrected chi connectivity index (χ3v) is 6.11. The zero-order valence-corrected chi connectivity index (χ0v) is 20.6. The van der Waals surface area contributed by atoms with Gasteiger partial charge in [-0.15, -0.1) is 24.0 Å². The Morgan fingerprint density at radius 2 is 1.90 bits per heavy atom. The smallest absolute Gasteiger partial charge is 0.193 e. The Labute approximate surface area is 197 Å². The van der Waals surface area contributed by atoms with E-state index in [0.29, 0.717) is 11.6 Å². The largest absolute Gasteiger partial charge is 0.492 e. The van der Waals surface area contributed by atoms with Crippen molar-refractivity contribution < 1.29 is 9.47 Å². The highest BCUT2D eigenvalue weighted by Crippen LogP contribution is 2.30. The first kappa shape index (κ1) is 24.5. The van der Waals surface area contributed by atoms with Crippen molar-refractivity contribution in [1.82, 2.24) is 15.1 Å². The Morgan fingerprint density at radius 3 is 2.52 bits per heavy atom. The van der Waals surface area contributed by atoms with Crippen LogP contribution in [0.4, 0.5) is 0 Å². The molecule has 0 spiro atoms. The molecule has 0 saturated carbocycles. The number of benzene rings is 1. The monoisotopic (exact) mass is 536 g/mol. The summed E-state index contributed by atoms with van der Waals surface area (Å²) in [6.07, 6.45) is 4.78. The number of hydrogen-bond acceptors (Lipinski definition) is 4. The highest BCUT2D eigenvalue weighted by Gasteiger charge is 2.39. The lowest BCUT2D eigenvalue weighted by Gasteiger charge is -2.45. The van der Waals surface area contributed by atoms with Gasteiger partial charge < -0.3 is 19.7 Å². The van der Waals surface area contributed by atoms with Crippen LogP contribution in [0, 0.1) is 0 Å². The van der Waals surface area contributed by atoms with E-state index in [4.69, 9.17) is 21.1 Å². The Morgan fingerprint density at radius 1 is 1.24 bits per heavy atom. The highest BCUT2D eigenvalue weighted by molar-refractivity contribution is 14.0. The van der Waals surface area contributed by atoms with Gasteiger partial charge >= 0.3 is 0 Å². The van der Waals surface area contributed by atoms with E-state index in [2.05, 4.69) is 20.1 Å². The van der Waals surface area contributed by atoms with Gasteiger partial charge in [-0.2, -0.15) is 0 Å². The van der Waals surface area contributed by atoms with Crippen LogP contribution < -0.4 is 10.1 Å². The van der Waals surface area contributed by atoms with Gasteiger partial charge in [-0.3, -0.25) is 9.89 Å². The van der Waals surface area contributed by atoms with E-state index in [1.165, 1.54) is 25.9 Å². The summed E-state index contributed by atoms with van der Waals surface area (Å²) in [6, 6.07) is 7.46. The summed E-state index contributed by atoms with van der Waals surface area (Å²) < 4.78 is 11.5. The molecule has 164 valence electrons. The van der Waals surface area contributed by atoms with Crippen molar-refractivity contribution in [3.8, 4) is 5.75 Å². The molecule has 0 unspecified atom stereocenters. The van der Waals surface area contributed by atoms with Gasteiger partial charge in [0, 0.05) is 44.4 Å². The summed E-state index contributed by atoms with van der Waals surface area (Å²) in [5.41, 5.74) is 0.186. The molecule has 0 amide bonds. The van der Waals surface area contributed by atoms with Gasteiger partial charge in [0.15, 0.2) is 5.96 Å². The first-order chi connectivity index (χ1) is 13.6. The minimum atomic E-state index is 0. The quantitative estimate of drug-likeness (QED) is 0.329. The number of halogens is 2. The molecule has 0 radical (unpaired) electrons. The molecular weight excluding hydrogens is 503 g/mol. The molecule has 0 bridgehead atoms. The number of rotatable bonds is 7. The summed E-state index contributed by atoms with van der Waals surface area (Å²) >= 11 is 5.91. The van der Waals surface area contributed by atoms with Crippen LogP contribution in [0.25, 0.3) is 0 Å². The normalized spacial score (nSPS) is 19.5. The van der Waals surface area contributed by atoms with Crippen LogP contribution >= 0.6 is 35.6 Å². The van der Waals surface area contributed by atoms with E-state index in [9.17, 15) is 0 Å². The number of aliphatic imine (C=N–C) groups is 1. The predicted molar refractivity (Wildman–Crippen MR) is 130 cm³/mol. The van der Waals surface area contributed by atoms with Gasteiger partial charge in [0.05, 0.1) is 6.54 Å². The van der Waals surface area contributed by atoms with E-state index in [0.717, 1.165) is 50.9 Å². The zero-order chi connectivity index (χ0) is 19.8. The van der Waals surface area contributed by atoms with E-state index < -0.39 is 0 Å². The van der Waals surface area contributed by atoms with Crippen molar-refractivity contribution in [3.63, 3.8) is 0 Å². The second kappa shape index (κ2) is 12.2. The number of nitrogens with zero attached hydrogens (tertiary/aromatic N) is 3. The molecule has 2 heterocycles. The maximum Gasteiger partial charge on any atom is 0.193 e. The lowest BCUT2D eigenvalue weighted by molar-refractivity contribution is -0.0166. The van der Waals surface area contributed by atoms with Gasteiger partial charge in [0.25, 0.3) is 0 Å². The second-order valence-corrected chi connectivity index (χ2v) is 8.09. The van der Waals surface area contributed by atoms with Crippen molar-refractivity contribution >= 4 is 41.5 Å². The fourth-order valence-electron chi connectivity index (χ4n) is 4.11. The maximum absolute atomic E-state index is 5.91. The molecule has 29 heavy (non-hydrogen) atoms. The molecule has 0 aromatic heterocycles. The molecule has 2 aliphatic rings. The minimum Gasteiger partial charge on any atom is -0.492 e. The molecule has 2 saturated heterocycles. The molecule has 0 atom stereocenters. The minimum absolute atomic E-state index is 0. The van der Waals surface area contributed by atoms with E-state index in [1.807, 2.05) is 38.4 Å². The van der Waals surface area contributed by atoms with Crippen molar-refractivity contribution in [3.05, 3.63) is 29.3 Å². The van der Waals surface area contributed by atoms with Crippen LogP contribution in [-0.4, -0.2) is 81.4 Å². The van der Waals surface area contributed by atoms with Gasteiger partial charge in [0.1, 0.15) is 12.4 Å². The summed E-state index contributed by atoms with van der Waals surface area (Å²) in [7, 11) is 3.89. The zero-order valence-electron chi connectivity index (χ0n) is 17.5. The van der Waals surface area contributed by atoms with Crippen molar-refractivity contribution in [1.29, 1.82) is 0 Å². The Kier molecular flexibility index (Phi) is 10.3. The van der Waals surface area contributed by atoms with Gasteiger partial charge in [-0.25, -0.2) is 0 Å². The van der Waals surface area contributed by atoms with Gasteiger partial charge in [-0.05, 0) is 63.0 Å². The number of guanidine groups is 1. The summed E-state index contributed by atoms with van der Waals surface area (Å²) in [4.78, 5) is 9.26. The number of likely N-dealkylation sites (tertiary alicyclic amines) is 1. The van der Waals surface area contributed by atoms with Crippen LogP contribution in [0.1, 0.15) is 25.7 Å². The summed E-state index contributed by atoms with van der Waals surface area (Å²) in [5, 5.41) is 4.34. The maximum atomic E-state index is 5.91. The van der Waals surface area contributed by atoms with Crippen LogP contribution in [0.2, 0.25) is 5.02 Å². The number of likely N-dealkylation sites (N-methyl/N-ethyl adjacent to an activating group) is 1. The molecule has 2 aliphatic heterocycles. The Bertz CT molecular complexity index is 632. The van der Waals surface area contributed by atoms with Crippen LogP contribution in [0.15, 0.2) is 29.3 Å². The fourth-order valence-corrected chi connectivity index (χ4v) is 4.24. The third-order valence-electron chi connectivity index (χ3n) is 5.86. The predicted octanol–water partition coefficient (Wildman–Crippen LogP) is 3.49. The number of hydrogen-bond donors (Lipinski definition) is 1. The summed E-state index contributed by atoms with van der Waals surface area (Å²) in [5.74, 6) is 1.74. The molecule has 1 aromatic carbocycles. The standard InChI is InChI=1S/C21H33ClN4O2.HI/c1-23-20(25(2)13-16-28-19-7-5-18(22)6-8-19)24-17-21(9-14-27-15-10-21)26-11-3-4-12-26;/h5-8H,3-4,9-17H2,1-2H3,(H,23,24);1H. The fraction of sp³-hybridized carbons (Fsp3) is 0.667. The van der Waals surface area contributed by atoms with E-state index in [1.54, 1.807) is 0 Å². The Balaban J connectivity index is 0.00000300. The average molecular weight is 537 g/mol. The first-order valence-electron chi connectivity index (χ1n) is 10.3. The topological polar surface area (TPSA) is 49.3 Å². The average Bonchev–Trinajstić information content (AvgIpc) is 3.26. The van der Waals surface area contributed by atoms with Crippen molar-refractivity contribution in [2.45, 2.75) is 31.2 Å². The van der Waals surface area contributed by atoms with E-state index >= 15 is 0 Å². The van der Waals surface area contributed by atoms with Crippen molar-refractivity contribution in [2.24, 2.45) is 4.99 Å². The molecule has 6 nitrogen and oxygen atoms in total. The highest BCUT2D eigenvalue weighted by atomic mass is 127. The number of ether oxygens (including phenoxy) is 2.